The molecule has 0 unspecified atom stereocenters. The van der Waals surface area contributed by atoms with Crippen molar-refractivity contribution in [2.24, 2.45) is 0 Å². The number of methoxy groups -OCH3 is 1. The minimum absolute atomic E-state index is 0.110. The lowest BCUT2D eigenvalue weighted by atomic mass is 10.2. The molecule has 0 atom stereocenters. The summed E-state index contributed by atoms with van der Waals surface area (Å²) in [6.07, 6.45) is 0.594. The molecule has 0 bridgehead atoms. The van der Waals surface area contributed by atoms with Gasteiger partial charge in [0.1, 0.15) is 11.5 Å². The first-order valence-electron chi connectivity index (χ1n) is 7.23. The molecule has 5 heteroatoms. The number of nitrogen functional groups attached to an aromatic ring is 1. The monoisotopic (exact) mass is 302 g/mol. The number of anilines is 2. The number of aliphatic hydroxyl groups excluding tert-OH is 1. The second-order valence-electron chi connectivity index (χ2n) is 4.85. The largest absolute Gasteiger partial charge is 0.496 e. The van der Waals surface area contributed by atoms with Gasteiger partial charge in [-0.05, 0) is 24.3 Å². The van der Waals surface area contributed by atoms with E-state index >= 15 is 0 Å². The van der Waals surface area contributed by atoms with E-state index in [9.17, 15) is 0 Å². The van der Waals surface area contributed by atoms with E-state index in [2.05, 4.69) is 5.32 Å². The minimum atomic E-state index is 0.110. The van der Waals surface area contributed by atoms with Gasteiger partial charge in [0, 0.05) is 30.8 Å². The Hall–Kier alpha value is -2.40. The molecule has 0 aliphatic heterocycles. The van der Waals surface area contributed by atoms with Gasteiger partial charge in [0.05, 0.1) is 19.4 Å². The quantitative estimate of drug-likeness (QED) is 0.516. The lowest BCUT2D eigenvalue weighted by Gasteiger charge is -2.15. The van der Waals surface area contributed by atoms with Gasteiger partial charge in [0.2, 0.25) is 0 Å². The summed E-state index contributed by atoms with van der Waals surface area (Å²) in [6, 6.07) is 13.3. The number of hydrogen-bond acceptors (Lipinski definition) is 5. The highest BCUT2D eigenvalue weighted by Crippen LogP contribution is 2.28. The fourth-order valence-electron chi connectivity index (χ4n) is 2.10. The van der Waals surface area contributed by atoms with Crippen LogP contribution in [-0.2, 0) is 6.54 Å². The second-order valence-corrected chi connectivity index (χ2v) is 4.85. The smallest absolute Gasteiger partial charge is 0.142 e. The van der Waals surface area contributed by atoms with Gasteiger partial charge < -0.3 is 25.6 Å². The van der Waals surface area contributed by atoms with Gasteiger partial charge in [-0.25, -0.2) is 0 Å². The Morgan fingerprint density at radius 3 is 2.73 bits per heavy atom. The summed E-state index contributed by atoms with van der Waals surface area (Å²) in [6.45, 7) is 1.17. The standard InChI is InChI=1S/C17H22N2O3/c1-21-16-6-3-2-5-13(16)12-19-15-11-14(18)7-8-17(15)22-10-4-9-20/h2-3,5-8,11,19-20H,4,9-10,12,18H2,1H3. The average Bonchev–Trinajstić information content (AvgIpc) is 2.55. The Balaban J connectivity index is 2.09. The van der Waals surface area contributed by atoms with Crippen molar-refractivity contribution in [3.8, 4) is 11.5 Å². The molecule has 0 radical (unpaired) electrons. The molecule has 0 saturated heterocycles. The molecule has 0 saturated carbocycles. The predicted octanol–water partition coefficient (Wildman–Crippen LogP) is 2.65. The maximum atomic E-state index is 8.84. The van der Waals surface area contributed by atoms with E-state index in [-0.39, 0.29) is 6.61 Å². The Morgan fingerprint density at radius 1 is 1.14 bits per heavy atom. The Morgan fingerprint density at radius 2 is 1.95 bits per heavy atom. The molecule has 118 valence electrons. The topological polar surface area (TPSA) is 76.7 Å². The van der Waals surface area contributed by atoms with Crippen LogP contribution in [-0.4, -0.2) is 25.4 Å². The normalized spacial score (nSPS) is 10.3. The van der Waals surface area contributed by atoms with Crippen molar-refractivity contribution in [1.82, 2.24) is 0 Å². The highest BCUT2D eigenvalue weighted by Gasteiger charge is 2.06. The van der Waals surface area contributed by atoms with Crippen LogP contribution in [0.4, 0.5) is 11.4 Å². The van der Waals surface area contributed by atoms with Crippen LogP contribution in [0.15, 0.2) is 42.5 Å². The summed E-state index contributed by atoms with van der Waals surface area (Å²) in [5.41, 5.74) is 8.38. The summed E-state index contributed by atoms with van der Waals surface area (Å²) in [4.78, 5) is 0. The number of nitrogens with two attached hydrogens (primary N) is 1. The van der Waals surface area contributed by atoms with Crippen LogP contribution in [0.5, 0.6) is 11.5 Å². The number of aliphatic hydroxyl groups is 1. The van der Waals surface area contributed by atoms with Gasteiger partial charge in [-0.15, -0.1) is 0 Å². The van der Waals surface area contributed by atoms with Crippen LogP contribution in [0.2, 0.25) is 0 Å². The van der Waals surface area contributed by atoms with E-state index in [1.54, 1.807) is 13.2 Å². The molecule has 5 nitrogen and oxygen atoms in total. The zero-order valence-electron chi connectivity index (χ0n) is 12.7. The van der Waals surface area contributed by atoms with Gasteiger partial charge in [-0.3, -0.25) is 0 Å². The Kier molecular flexibility index (Phi) is 5.91. The maximum Gasteiger partial charge on any atom is 0.142 e. The summed E-state index contributed by atoms with van der Waals surface area (Å²) >= 11 is 0. The third kappa shape index (κ3) is 4.30. The average molecular weight is 302 g/mol. The number of rotatable bonds is 8. The van der Waals surface area contributed by atoms with Crippen LogP contribution in [0, 0.1) is 0 Å². The van der Waals surface area contributed by atoms with Crippen LogP contribution >= 0.6 is 0 Å². The van der Waals surface area contributed by atoms with Crippen LogP contribution in [0.25, 0.3) is 0 Å². The summed E-state index contributed by atoms with van der Waals surface area (Å²) in [5, 5.41) is 12.2. The Labute approximate surface area is 130 Å². The third-order valence-electron chi connectivity index (χ3n) is 3.23. The van der Waals surface area contributed by atoms with Gasteiger partial charge in [0.25, 0.3) is 0 Å². The lowest BCUT2D eigenvalue weighted by Crippen LogP contribution is -2.06. The van der Waals surface area contributed by atoms with Gasteiger partial charge in [-0.2, -0.15) is 0 Å². The highest BCUT2D eigenvalue weighted by atomic mass is 16.5. The number of para-hydroxylation sites is 1. The number of nitrogens with one attached hydrogen (secondary N) is 1. The molecule has 0 heterocycles. The Bertz CT molecular complexity index is 602. The van der Waals surface area contributed by atoms with Crippen molar-refractivity contribution in [2.75, 3.05) is 31.4 Å². The fraction of sp³-hybridized carbons (Fsp3) is 0.294. The van der Waals surface area contributed by atoms with Crippen molar-refractivity contribution < 1.29 is 14.6 Å². The predicted molar refractivity (Wildman–Crippen MR) is 88.4 cm³/mol. The van der Waals surface area contributed by atoms with Gasteiger partial charge in [0.15, 0.2) is 0 Å². The molecule has 0 aliphatic rings. The molecule has 0 fully saturated rings. The van der Waals surface area contributed by atoms with Gasteiger partial charge in [-0.1, -0.05) is 18.2 Å². The van der Waals surface area contributed by atoms with Crippen molar-refractivity contribution in [1.29, 1.82) is 0 Å². The SMILES string of the molecule is COc1ccccc1CNc1cc(N)ccc1OCCCO. The lowest BCUT2D eigenvalue weighted by molar-refractivity contribution is 0.234. The number of ether oxygens (including phenoxy) is 2. The molecule has 0 spiro atoms. The molecule has 4 N–H and O–H groups in total. The second kappa shape index (κ2) is 8.14. The van der Waals surface area contributed by atoms with Crippen LogP contribution < -0.4 is 20.5 Å². The molecule has 0 aromatic heterocycles. The maximum absolute atomic E-state index is 8.84. The highest BCUT2D eigenvalue weighted by molar-refractivity contribution is 5.63. The summed E-state index contributed by atoms with van der Waals surface area (Å²) in [5.74, 6) is 1.55. The van der Waals surface area contributed by atoms with Crippen LogP contribution in [0.3, 0.4) is 0 Å². The molecular formula is C17H22N2O3. The van der Waals surface area contributed by atoms with Gasteiger partial charge >= 0.3 is 0 Å². The van der Waals surface area contributed by atoms with E-state index in [0.717, 1.165) is 22.7 Å². The molecule has 2 rings (SSSR count). The molecule has 2 aromatic carbocycles. The first-order chi connectivity index (χ1) is 10.7. The number of benzene rings is 2. The van der Waals surface area contributed by atoms with Crippen molar-refractivity contribution >= 4 is 11.4 Å². The van der Waals surface area contributed by atoms with E-state index in [0.29, 0.717) is 25.3 Å². The summed E-state index contributed by atoms with van der Waals surface area (Å²) in [7, 11) is 1.66. The van der Waals surface area contributed by atoms with E-state index in [4.69, 9.17) is 20.3 Å². The van der Waals surface area contributed by atoms with Crippen molar-refractivity contribution in [3.05, 3.63) is 48.0 Å². The molecule has 0 aliphatic carbocycles. The zero-order chi connectivity index (χ0) is 15.8. The van der Waals surface area contributed by atoms with Crippen LogP contribution in [0.1, 0.15) is 12.0 Å². The van der Waals surface area contributed by atoms with Crippen molar-refractivity contribution in [2.45, 2.75) is 13.0 Å². The number of hydrogen-bond donors (Lipinski definition) is 3. The van der Waals surface area contributed by atoms with E-state index in [1.165, 1.54) is 0 Å². The minimum Gasteiger partial charge on any atom is -0.496 e. The zero-order valence-corrected chi connectivity index (χ0v) is 12.7. The van der Waals surface area contributed by atoms with Crippen molar-refractivity contribution in [3.63, 3.8) is 0 Å². The fourth-order valence-corrected chi connectivity index (χ4v) is 2.10. The first kappa shape index (κ1) is 16.0. The molecular weight excluding hydrogens is 280 g/mol. The third-order valence-corrected chi connectivity index (χ3v) is 3.23. The summed E-state index contributed by atoms with van der Waals surface area (Å²) < 4.78 is 11.0. The molecule has 2 aromatic rings. The molecule has 0 amide bonds. The van der Waals surface area contributed by atoms with E-state index in [1.807, 2.05) is 36.4 Å². The molecule has 22 heavy (non-hydrogen) atoms. The first-order valence-corrected chi connectivity index (χ1v) is 7.23. The van der Waals surface area contributed by atoms with E-state index < -0.39 is 0 Å².